The summed E-state index contributed by atoms with van der Waals surface area (Å²) in [6, 6.07) is 8.49. The lowest BCUT2D eigenvalue weighted by Crippen LogP contribution is -1.86. The van der Waals surface area contributed by atoms with Crippen LogP contribution in [0.25, 0.3) is 0 Å². The van der Waals surface area contributed by atoms with Gasteiger partial charge in [0.15, 0.2) is 5.75 Å². The Hall–Kier alpha value is -0.970. The number of benzene rings is 1. The Kier molecular flexibility index (Phi) is 6.08. The van der Waals surface area contributed by atoms with Crippen LogP contribution < -0.4 is 4.52 Å². The first-order valence-electron chi connectivity index (χ1n) is 3.83. The normalized spacial score (nSPS) is 11.0. The van der Waals surface area contributed by atoms with Gasteiger partial charge >= 0.3 is 8.25 Å². The maximum atomic E-state index is 10.1. The molecule has 5 nitrogen and oxygen atoms in total. The first-order chi connectivity index (χ1) is 6.79. The topological polar surface area (TPSA) is 80.7 Å². The van der Waals surface area contributed by atoms with Gasteiger partial charge in [-0.1, -0.05) is 18.2 Å². The van der Waals surface area contributed by atoms with E-state index in [2.05, 4.69) is 4.52 Å². The van der Waals surface area contributed by atoms with Gasteiger partial charge in [0.2, 0.25) is 0 Å². The molecule has 0 aromatic heterocycles. The molecule has 0 saturated heterocycles. The molecule has 0 radical (unpaired) electrons. The van der Waals surface area contributed by atoms with Gasteiger partial charge in [0.25, 0.3) is 0 Å². The van der Waals surface area contributed by atoms with E-state index in [1.54, 1.807) is 30.3 Å². The molecule has 0 heterocycles. The Morgan fingerprint density at radius 1 is 1.20 bits per heavy atom. The highest BCUT2D eigenvalue weighted by atomic mass is 32.2. The molecule has 0 aliphatic rings. The predicted molar refractivity (Wildman–Crippen MR) is 57.7 cm³/mol. The third-order valence-electron chi connectivity index (χ3n) is 0.927. The Bertz CT molecular complexity index is 392. The van der Waals surface area contributed by atoms with Crippen LogP contribution >= 0.6 is 8.25 Å². The molecule has 0 amide bonds. The van der Waals surface area contributed by atoms with Crippen molar-refractivity contribution in [3.05, 3.63) is 30.3 Å². The van der Waals surface area contributed by atoms with Gasteiger partial charge in [0, 0.05) is 17.1 Å². The Morgan fingerprint density at radius 2 is 1.60 bits per heavy atom. The van der Waals surface area contributed by atoms with Gasteiger partial charge < -0.3 is 0 Å². The molecule has 0 fully saturated rings. The lowest BCUT2D eigenvalue weighted by Gasteiger charge is -1.86. The van der Waals surface area contributed by atoms with E-state index in [1.807, 2.05) is 0 Å². The molecule has 84 valence electrons. The summed E-state index contributed by atoms with van der Waals surface area (Å²) >= 11 is 0. The highest BCUT2D eigenvalue weighted by Gasteiger charge is 2.12. The Labute approximate surface area is 89.6 Å². The van der Waals surface area contributed by atoms with Crippen LogP contribution in [0.2, 0.25) is 0 Å². The van der Waals surface area contributed by atoms with Gasteiger partial charge in [0.05, 0.1) is 0 Å². The van der Waals surface area contributed by atoms with Crippen LogP contribution in [0.15, 0.2) is 30.3 Å². The van der Waals surface area contributed by atoms with Crippen molar-refractivity contribution in [2.24, 2.45) is 0 Å². The summed E-state index contributed by atoms with van der Waals surface area (Å²) in [5.74, 6) is 0.408. The minimum Gasteiger partial charge on any atom is -0.229 e. The van der Waals surface area contributed by atoms with Gasteiger partial charge in [-0.3, -0.25) is 0 Å². The fraction of sp³-hybridized carbons (Fsp3) is 0.250. The van der Waals surface area contributed by atoms with E-state index >= 15 is 0 Å². The molecule has 0 bridgehead atoms. The molecule has 1 N–H and O–H groups in total. The second kappa shape index (κ2) is 6.50. The molecule has 0 saturated carbocycles. The van der Waals surface area contributed by atoms with E-state index in [0.717, 1.165) is 12.5 Å². The zero-order chi connectivity index (χ0) is 11.9. The van der Waals surface area contributed by atoms with Crippen LogP contribution in [-0.2, 0) is 14.4 Å². The molecular weight excluding hydrogens is 239 g/mol. The predicted octanol–water partition coefficient (Wildman–Crippen LogP) is 1.38. The second-order valence-corrected chi connectivity index (χ2v) is 5.73. The molecular formula is C8H12O5PS+. The second-order valence-electron chi connectivity index (χ2n) is 2.79. The molecule has 1 aromatic rings. The number of hydrogen-bond donors (Lipinski definition) is 1. The van der Waals surface area contributed by atoms with Crippen molar-refractivity contribution >= 4 is 18.1 Å². The summed E-state index contributed by atoms with van der Waals surface area (Å²) in [4.78, 5) is 8.29. The van der Waals surface area contributed by atoms with Crippen molar-refractivity contribution in [3.8, 4) is 5.75 Å². The Morgan fingerprint density at radius 3 is 1.93 bits per heavy atom. The summed E-state index contributed by atoms with van der Waals surface area (Å²) in [7, 11) is -5.19. The summed E-state index contributed by atoms with van der Waals surface area (Å²) in [6.45, 7) is 0. The fourth-order valence-corrected chi connectivity index (χ4v) is 0.874. The summed E-state index contributed by atoms with van der Waals surface area (Å²) in [5.41, 5.74) is 0. The van der Waals surface area contributed by atoms with Crippen LogP contribution in [0.5, 0.6) is 5.75 Å². The molecule has 1 atom stereocenters. The van der Waals surface area contributed by atoms with Gasteiger partial charge in [-0.15, -0.1) is 4.89 Å². The number of para-hydroxylation sites is 1. The standard InChI is InChI=1S/C6H5O3P.C2H6O2S/c7-10(8)9-6-4-2-1-3-5-6;1-5(2,3)4/h1-5H;1-2H3/p+1. The highest BCUT2D eigenvalue weighted by Crippen LogP contribution is 2.21. The largest absolute Gasteiger partial charge is 0.747 e. The average molecular weight is 251 g/mol. The summed E-state index contributed by atoms with van der Waals surface area (Å²) in [6.07, 6.45) is 2.32. The lowest BCUT2D eigenvalue weighted by molar-refractivity contribution is 0.410. The number of sulfone groups is 1. The van der Waals surface area contributed by atoms with Crippen LogP contribution in [0.1, 0.15) is 0 Å². The molecule has 0 spiro atoms. The van der Waals surface area contributed by atoms with E-state index in [-0.39, 0.29) is 0 Å². The molecule has 7 heteroatoms. The van der Waals surface area contributed by atoms with Crippen LogP contribution in [0.3, 0.4) is 0 Å². The minimum absolute atomic E-state index is 0.408. The van der Waals surface area contributed by atoms with Crippen molar-refractivity contribution < 1.29 is 22.4 Å². The molecule has 1 aromatic carbocycles. The monoisotopic (exact) mass is 251 g/mol. The van der Waals surface area contributed by atoms with Crippen molar-refractivity contribution in [1.82, 2.24) is 0 Å². The summed E-state index contributed by atoms with van der Waals surface area (Å²) < 4.78 is 33.8. The van der Waals surface area contributed by atoms with E-state index < -0.39 is 18.1 Å². The van der Waals surface area contributed by atoms with Gasteiger partial charge in [0.1, 0.15) is 9.84 Å². The van der Waals surface area contributed by atoms with Crippen LogP contribution in [0.4, 0.5) is 0 Å². The lowest BCUT2D eigenvalue weighted by atomic mass is 10.3. The highest BCUT2D eigenvalue weighted by molar-refractivity contribution is 7.89. The molecule has 1 unspecified atom stereocenters. The van der Waals surface area contributed by atoms with Gasteiger partial charge in [-0.05, 0) is 12.1 Å². The van der Waals surface area contributed by atoms with Gasteiger partial charge in [-0.2, -0.15) is 0 Å². The maximum Gasteiger partial charge on any atom is 0.747 e. The van der Waals surface area contributed by atoms with Crippen LogP contribution in [0, 0.1) is 0 Å². The Balaban J connectivity index is 0.000000336. The third-order valence-corrected chi connectivity index (χ3v) is 1.29. The zero-order valence-electron chi connectivity index (χ0n) is 8.32. The maximum absolute atomic E-state index is 10.1. The van der Waals surface area contributed by atoms with E-state index in [4.69, 9.17) is 4.89 Å². The van der Waals surface area contributed by atoms with E-state index in [0.29, 0.717) is 5.75 Å². The van der Waals surface area contributed by atoms with Crippen molar-refractivity contribution in [2.75, 3.05) is 12.5 Å². The molecule has 1 rings (SSSR count). The van der Waals surface area contributed by atoms with Crippen molar-refractivity contribution in [3.63, 3.8) is 0 Å². The number of hydrogen-bond acceptors (Lipinski definition) is 4. The number of rotatable bonds is 2. The molecule has 15 heavy (non-hydrogen) atoms. The molecule has 0 aliphatic carbocycles. The zero-order valence-corrected chi connectivity index (χ0v) is 10.0. The van der Waals surface area contributed by atoms with Gasteiger partial charge in [-0.25, -0.2) is 12.9 Å². The van der Waals surface area contributed by atoms with E-state index in [1.165, 1.54) is 0 Å². The van der Waals surface area contributed by atoms with Crippen molar-refractivity contribution in [2.45, 2.75) is 0 Å². The van der Waals surface area contributed by atoms with E-state index in [9.17, 15) is 13.0 Å². The average Bonchev–Trinajstić information content (AvgIpc) is 2.01. The first-order valence-corrected chi connectivity index (χ1v) is 7.26. The molecule has 0 aliphatic heterocycles. The first kappa shape index (κ1) is 14.0. The van der Waals surface area contributed by atoms with Crippen molar-refractivity contribution in [1.29, 1.82) is 0 Å². The quantitative estimate of drug-likeness (QED) is 0.803. The smallest absolute Gasteiger partial charge is 0.229 e. The minimum atomic E-state index is -2.67. The summed E-state index contributed by atoms with van der Waals surface area (Å²) in [5, 5.41) is 0. The third kappa shape index (κ3) is 13.0. The van der Waals surface area contributed by atoms with Crippen LogP contribution in [-0.4, -0.2) is 25.8 Å². The fourth-order valence-electron chi connectivity index (χ4n) is 0.572. The SMILES string of the molecule is CS(C)(=O)=O.O=[P+](O)Oc1ccccc1.